The number of aromatic nitrogens is 5. The summed E-state index contributed by atoms with van der Waals surface area (Å²) >= 11 is 0. The molecule has 2 fully saturated rings. The van der Waals surface area contributed by atoms with E-state index in [2.05, 4.69) is 25.2 Å². The lowest BCUT2D eigenvalue weighted by atomic mass is 9.82. The van der Waals surface area contributed by atoms with Crippen molar-refractivity contribution in [3.05, 3.63) is 41.3 Å². The molecule has 2 aliphatic rings. The summed E-state index contributed by atoms with van der Waals surface area (Å²) in [6, 6.07) is 3.04. The van der Waals surface area contributed by atoms with Crippen LogP contribution in [0.1, 0.15) is 50.0 Å². The first-order valence-electron chi connectivity index (χ1n) is 11.6. The van der Waals surface area contributed by atoms with E-state index < -0.39 is 17.6 Å². The topological polar surface area (TPSA) is 82.1 Å². The Bertz CT molecular complexity index is 1190. The van der Waals surface area contributed by atoms with Gasteiger partial charge in [-0.3, -0.25) is 0 Å². The lowest BCUT2D eigenvalue weighted by Gasteiger charge is -2.36. The Balaban J connectivity index is 1.34. The van der Waals surface area contributed by atoms with Crippen molar-refractivity contribution in [3.63, 3.8) is 0 Å². The van der Waals surface area contributed by atoms with E-state index in [9.17, 15) is 17.6 Å². The Morgan fingerprint density at radius 3 is 2.46 bits per heavy atom. The average molecular weight is 494 g/mol. The molecule has 8 nitrogen and oxygen atoms in total. The number of anilines is 1. The highest BCUT2D eigenvalue weighted by Gasteiger charge is 2.43. The fraction of sp³-hybridized carbons (Fsp3) is 0.565. The van der Waals surface area contributed by atoms with Crippen LogP contribution in [0.4, 0.5) is 23.6 Å². The maximum atomic E-state index is 13.7. The summed E-state index contributed by atoms with van der Waals surface area (Å²) in [6.07, 6.45) is -2.01. The van der Waals surface area contributed by atoms with E-state index in [0.717, 1.165) is 38.1 Å². The number of benzene rings is 1. The molecule has 0 radical (unpaired) electrons. The van der Waals surface area contributed by atoms with Gasteiger partial charge in [-0.1, -0.05) is 5.10 Å². The SMILES string of the molecule is Cc1nnc(N2C[C@H]3CC[C@@H](C2)C3Cc2nc(Oc3ccc(F)c(C(F)(F)F)c3)n(C(C)C)n2)o1. The summed E-state index contributed by atoms with van der Waals surface area (Å²) in [6.45, 7) is 7.15. The molecule has 3 aromatic rings. The van der Waals surface area contributed by atoms with Crippen LogP contribution in [0.25, 0.3) is 0 Å². The number of fused-ring (bicyclic) bond motifs is 2. The average Bonchev–Trinajstić information content (AvgIpc) is 3.45. The van der Waals surface area contributed by atoms with Gasteiger partial charge in [-0.15, -0.1) is 5.10 Å². The van der Waals surface area contributed by atoms with Gasteiger partial charge in [-0.25, -0.2) is 9.07 Å². The zero-order valence-electron chi connectivity index (χ0n) is 19.6. The highest BCUT2D eigenvalue weighted by Crippen LogP contribution is 2.44. The Hall–Kier alpha value is -3.18. The van der Waals surface area contributed by atoms with Gasteiger partial charge in [0.25, 0.3) is 0 Å². The van der Waals surface area contributed by atoms with E-state index in [1.165, 1.54) is 0 Å². The highest BCUT2D eigenvalue weighted by molar-refractivity contribution is 5.33. The van der Waals surface area contributed by atoms with Crippen molar-refractivity contribution in [2.24, 2.45) is 17.8 Å². The minimum absolute atomic E-state index is 0.0841. The quantitative estimate of drug-likeness (QED) is 0.436. The van der Waals surface area contributed by atoms with Crippen molar-refractivity contribution < 1.29 is 26.7 Å². The van der Waals surface area contributed by atoms with E-state index >= 15 is 0 Å². The Morgan fingerprint density at radius 2 is 1.86 bits per heavy atom. The normalized spacial score (nSPS) is 22.3. The zero-order valence-corrected chi connectivity index (χ0v) is 19.6. The van der Waals surface area contributed by atoms with E-state index in [1.807, 2.05) is 13.8 Å². The van der Waals surface area contributed by atoms with Crippen LogP contribution in [-0.2, 0) is 12.6 Å². The maximum Gasteiger partial charge on any atom is 0.419 e. The summed E-state index contributed by atoms with van der Waals surface area (Å²) in [5.74, 6) is 0.820. The molecule has 0 N–H and O–H groups in total. The van der Waals surface area contributed by atoms with Crippen molar-refractivity contribution in [1.29, 1.82) is 0 Å². The van der Waals surface area contributed by atoms with Gasteiger partial charge < -0.3 is 14.1 Å². The fourth-order valence-electron chi connectivity index (χ4n) is 5.18. The molecule has 1 saturated heterocycles. The van der Waals surface area contributed by atoms with Crippen LogP contribution in [0, 0.1) is 30.5 Å². The monoisotopic (exact) mass is 494 g/mol. The van der Waals surface area contributed by atoms with Crippen LogP contribution >= 0.6 is 0 Å². The molecule has 5 rings (SSSR count). The Kier molecular flexibility index (Phi) is 5.92. The Morgan fingerprint density at radius 1 is 1.14 bits per heavy atom. The molecule has 2 bridgehead atoms. The molecule has 1 aliphatic heterocycles. The molecule has 0 spiro atoms. The summed E-state index contributed by atoms with van der Waals surface area (Å²) < 4.78 is 65.8. The van der Waals surface area contributed by atoms with Crippen LogP contribution in [0.15, 0.2) is 22.6 Å². The molecule has 35 heavy (non-hydrogen) atoms. The molecule has 1 saturated carbocycles. The largest absolute Gasteiger partial charge is 0.424 e. The van der Waals surface area contributed by atoms with Crippen molar-refractivity contribution in [2.45, 2.75) is 52.3 Å². The minimum Gasteiger partial charge on any atom is -0.424 e. The number of alkyl halides is 3. The van der Waals surface area contributed by atoms with E-state index in [1.54, 1.807) is 11.6 Å². The van der Waals surface area contributed by atoms with Gasteiger partial charge in [-0.05, 0) is 62.6 Å². The highest BCUT2D eigenvalue weighted by atomic mass is 19.4. The molecule has 2 aromatic heterocycles. The molecule has 12 heteroatoms. The molecule has 1 aliphatic carbocycles. The van der Waals surface area contributed by atoms with Crippen molar-refractivity contribution in [3.8, 4) is 11.8 Å². The minimum atomic E-state index is -4.82. The van der Waals surface area contributed by atoms with Gasteiger partial charge in [0.2, 0.25) is 5.89 Å². The number of aryl methyl sites for hydroxylation is 1. The molecular weight excluding hydrogens is 468 g/mol. The van der Waals surface area contributed by atoms with E-state index in [0.29, 0.717) is 48.0 Å². The number of ether oxygens (including phenoxy) is 1. The fourth-order valence-corrected chi connectivity index (χ4v) is 5.18. The second-order valence-corrected chi connectivity index (χ2v) is 9.56. The van der Waals surface area contributed by atoms with Crippen LogP contribution in [-0.4, -0.2) is 38.1 Å². The van der Waals surface area contributed by atoms with Gasteiger partial charge in [0, 0.05) is 26.4 Å². The molecule has 1 unspecified atom stereocenters. The number of rotatable bonds is 6. The Labute approximate surface area is 199 Å². The second-order valence-electron chi connectivity index (χ2n) is 9.56. The smallest absolute Gasteiger partial charge is 0.419 e. The first-order valence-corrected chi connectivity index (χ1v) is 11.6. The zero-order chi connectivity index (χ0) is 24.9. The van der Waals surface area contributed by atoms with Gasteiger partial charge in [0.1, 0.15) is 11.6 Å². The summed E-state index contributed by atoms with van der Waals surface area (Å²) in [4.78, 5) is 6.65. The molecule has 1 aromatic carbocycles. The number of nitrogens with zero attached hydrogens (tertiary/aromatic N) is 6. The maximum absolute atomic E-state index is 13.7. The molecule has 188 valence electrons. The molecule has 0 amide bonds. The second kappa shape index (κ2) is 8.80. The van der Waals surface area contributed by atoms with Crippen molar-refractivity contribution >= 4 is 6.01 Å². The third-order valence-corrected chi connectivity index (χ3v) is 6.82. The lowest BCUT2D eigenvalue weighted by Crippen LogP contribution is -2.43. The van der Waals surface area contributed by atoms with E-state index in [4.69, 9.17) is 9.15 Å². The van der Waals surface area contributed by atoms with Gasteiger partial charge >= 0.3 is 18.2 Å². The van der Waals surface area contributed by atoms with Crippen molar-refractivity contribution in [2.75, 3.05) is 18.0 Å². The first-order chi connectivity index (χ1) is 16.6. The number of hydrogen-bond donors (Lipinski definition) is 0. The third-order valence-electron chi connectivity index (χ3n) is 6.82. The third kappa shape index (κ3) is 4.70. The summed E-state index contributed by atoms with van der Waals surface area (Å²) in [7, 11) is 0. The standard InChI is InChI=1S/C23H26F4N6O2/c1-12(2)33-21(35-16-6-7-19(24)18(8-16)23(25,26)27)28-20(31-33)9-17-14-4-5-15(17)11-32(10-14)22-30-29-13(3)34-22/h6-8,12,14-15,17H,4-5,9-11H2,1-3H3/t14-,15+,17?. The van der Waals surface area contributed by atoms with Crippen LogP contribution < -0.4 is 9.64 Å². The predicted octanol–water partition coefficient (Wildman–Crippen LogP) is 5.21. The number of halogens is 4. The van der Waals surface area contributed by atoms with Crippen LogP contribution in [0.2, 0.25) is 0 Å². The summed E-state index contributed by atoms with van der Waals surface area (Å²) in [5, 5.41) is 12.7. The number of hydrogen-bond acceptors (Lipinski definition) is 7. The first kappa shape index (κ1) is 23.6. The van der Waals surface area contributed by atoms with Crippen LogP contribution in [0.5, 0.6) is 11.8 Å². The van der Waals surface area contributed by atoms with E-state index in [-0.39, 0.29) is 17.8 Å². The van der Waals surface area contributed by atoms with Crippen LogP contribution in [0.3, 0.4) is 0 Å². The number of piperidine rings is 1. The summed E-state index contributed by atoms with van der Waals surface area (Å²) in [5.41, 5.74) is -1.38. The molecular formula is C23H26F4N6O2. The van der Waals surface area contributed by atoms with Crippen molar-refractivity contribution in [1.82, 2.24) is 25.0 Å². The van der Waals surface area contributed by atoms with Gasteiger partial charge in [0.15, 0.2) is 5.82 Å². The van der Waals surface area contributed by atoms with Gasteiger partial charge in [0.05, 0.1) is 11.6 Å². The molecule has 3 heterocycles. The van der Waals surface area contributed by atoms with Gasteiger partial charge in [-0.2, -0.15) is 23.3 Å². The molecule has 3 atom stereocenters. The predicted molar refractivity (Wildman–Crippen MR) is 117 cm³/mol. The lowest BCUT2D eigenvalue weighted by molar-refractivity contribution is -0.140.